The number of aromatic nitrogens is 4. The summed E-state index contributed by atoms with van der Waals surface area (Å²) in [5, 5.41) is 33.4. The molecule has 0 amide bonds. The van der Waals surface area contributed by atoms with Gasteiger partial charge in [0.1, 0.15) is 29.3 Å². The summed E-state index contributed by atoms with van der Waals surface area (Å²) in [5.74, 6) is 0.614. The Morgan fingerprint density at radius 3 is 2.57 bits per heavy atom. The Morgan fingerprint density at radius 1 is 1.22 bits per heavy atom. The van der Waals surface area contributed by atoms with E-state index in [1.807, 2.05) is 18.7 Å². The third kappa shape index (κ3) is 2.65. The van der Waals surface area contributed by atoms with E-state index in [-0.39, 0.29) is 6.61 Å². The van der Waals surface area contributed by atoms with E-state index >= 15 is 0 Å². The first-order valence-corrected chi connectivity index (χ1v) is 7.68. The molecular weight excluding hydrogens is 302 g/mol. The first kappa shape index (κ1) is 16.1. The van der Waals surface area contributed by atoms with E-state index in [0.717, 1.165) is 13.1 Å². The molecule has 3 N–H and O–H groups in total. The predicted molar refractivity (Wildman–Crippen MR) is 81.9 cm³/mol. The fraction of sp³-hybridized carbons (Fsp3) is 0.643. The summed E-state index contributed by atoms with van der Waals surface area (Å²) in [6, 6.07) is 0. The van der Waals surface area contributed by atoms with E-state index < -0.39 is 24.5 Å². The summed E-state index contributed by atoms with van der Waals surface area (Å²) in [6.45, 7) is 5.27. The molecule has 0 aromatic carbocycles. The normalized spacial score (nSPS) is 27.7. The van der Waals surface area contributed by atoms with Crippen LogP contribution in [0.5, 0.6) is 0 Å². The lowest BCUT2D eigenvalue weighted by Crippen LogP contribution is -2.33. The van der Waals surface area contributed by atoms with E-state index in [0.29, 0.717) is 17.0 Å². The highest BCUT2D eigenvalue weighted by atomic mass is 16.6. The molecule has 9 nitrogen and oxygen atoms in total. The number of anilines is 1. The maximum Gasteiger partial charge on any atom is 0.226 e. The molecule has 1 saturated heterocycles. The number of rotatable bonds is 5. The van der Waals surface area contributed by atoms with Crippen LogP contribution in [0.3, 0.4) is 0 Å². The van der Waals surface area contributed by atoms with Crippen molar-refractivity contribution in [2.45, 2.75) is 38.4 Å². The van der Waals surface area contributed by atoms with Gasteiger partial charge in [-0.3, -0.25) is 0 Å². The number of aliphatic hydroxyl groups is 3. The highest BCUT2D eigenvalue weighted by molar-refractivity contribution is 5.74. The largest absolute Gasteiger partial charge is 0.394 e. The third-order valence-corrected chi connectivity index (χ3v) is 4.14. The molecule has 0 bridgehead atoms. The third-order valence-electron chi connectivity index (χ3n) is 4.14. The van der Waals surface area contributed by atoms with Crippen LogP contribution in [0.2, 0.25) is 0 Å². The highest BCUT2D eigenvalue weighted by Gasteiger charge is 2.44. The second kappa shape index (κ2) is 6.36. The van der Waals surface area contributed by atoms with Gasteiger partial charge in [0.25, 0.3) is 0 Å². The first-order valence-electron chi connectivity index (χ1n) is 7.68. The first-order chi connectivity index (χ1) is 11.1. The molecule has 0 spiro atoms. The van der Waals surface area contributed by atoms with Crippen LogP contribution in [-0.4, -0.2) is 73.1 Å². The molecule has 2 aromatic rings. The molecule has 1 unspecified atom stereocenters. The zero-order valence-corrected chi connectivity index (χ0v) is 13.1. The number of nitrogens with zero attached hydrogens (tertiary/aromatic N) is 5. The molecule has 0 saturated carbocycles. The summed E-state index contributed by atoms with van der Waals surface area (Å²) in [6.07, 6.45) is -0.887. The van der Waals surface area contributed by atoms with Crippen molar-refractivity contribution in [1.29, 1.82) is 0 Å². The van der Waals surface area contributed by atoms with Gasteiger partial charge >= 0.3 is 0 Å². The minimum atomic E-state index is -1.18. The lowest BCUT2D eigenvalue weighted by atomic mass is 10.1. The van der Waals surface area contributed by atoms with Crippen LogP contribution in [0.1, 0.15) is 20.1 Å². The predicted octanol–water partition coefficient (Wildman–Crippen LogP) is -0.716. The van der Waals surface area contributed by atoms with Gasteiger partial charge in [-0.15, -0.1) is 0 Å². The van der Waals surface area contributed by atoms with Gasteiger partial charge < -0.3 is 25.0 Å². The molecule has 4 atom stereocenters. The summed E-state index contributed by atoms with van der Waals surface area (Å²) in [7, 11) is 0. The van der Waals surface area contributed by atoms with Crippen LogP contribution < -0.4 is 4.90 Å². The standard InChI is InChI=1S/C14H21N5O4/c1-3-18(4-2)14-15-6-9-8(17-14)5-16-19(9)13-12(22)11(21)10(7-20)23-13/h5-6,10-13,20-22H,3-4,7H2,1-2H3/t10-,11-,12-,13?/m0/s1. The average Bonchev–Trinajstić information content (AvgIpc) is 3.10. The van der Waals surface area contributed by atoms with E-state index in [1.165, 1.54) is 4.68 Å². The topological polar surface area (TPSA) is 117 Å². The Balaban J connectivity index is 1.94. The second-order valence-electron chi connectivity index (χ2n) is 5.43. The van der Waals surface area contributed by atoms with Crippen molar-refractivity contribution in [3.05, 3.63) is 12.4 Å². The molecular formula is C14H21N5O4. The Kier molecular flexibility index (Phi) is 4.44. The van der Waals surface area contributed by atoms with Crippen molar-refractivity contribution >= 4 is 17.0 Å². The minimum absolute atomic E-state index is 0.378. The summed E-state index contributed by atoms with van der Waals surface area (Å²) >= 11 is 0. The number of hydrogen-bond donors (Lipinski definition) is 3. The molecule has 0 radical (unpaired) electrons. The molecule has 126 valence electrons. The average molecular weight is 323 g/mol. The van der Waals surface area contributed by atoms with Crippen molar-refractivity contribution in [3.63, 3.8) is 0 Å². The quantitative estimate of drug-likeness (QED) is 0.660. The van der Waals surface area contributed by atoms with Gasteiger partial charge in [0.2, 0.25) is 5.95 Å². The fourth-order valence-electron chi connectivity index (χ4n) is 2.77. The van der Waals surface area contributed by atoms with Gasteiger partial charge in [0, 0.05) is 13.1 Å². The van der Waals surface area contributed by atoms with Crippen LogP contribution in [0.25, 0.3) is 11.0 Å². The molecule has 9 heteroatoms. The Labute approximate surface area is 133 Å². The number of fused-ring (bicyclic) bond motifs is 1. The van der Waals surface area contributed by atoms with Gasteiger partial charge in [0.15, 0.2) is 6.23 Å². The second-order valence-corrected chi connectivity index (χ2v) is 5.43. The van der Waals surface area contributed by atoms with E-state index in [2.05, 4.69) is 15.1 Å². The monoisotopic (exact) mass is 323 g/mol. The van der Waals surface area contributed by atoms with Crippen LogP contribution in [-0.2, 0) is 4.74 Å². The maximum atomic E-state index is 10.1. The Morgan fingerprint density at radius 2 is 1.96 bits per heavy atom. The van der Waals surface area contributed by atoms with Gasteiger partial charge in [0.05, 0.1) is 19.0 Å². The highest BCUT2D eigenvalue weighted by Crippen LogP contribution is 2.31. The zero-order chi connectivity index (χ0) is 16.6. The van der Waals surface area contributed by atoms with Crippen molar-refractivity contribution < 1.29 is 20.1 Å². The van der Waals surface area contributed by atoms with Crippen LogP contribution in [0.15, 0.2) is 12.4 Å². The van der Waals surface area contributed by atoms with E-state index in [4.69, 9.17) is 4.74 Å². The lowest BCUT2D eigenvalue weighted by molar-refractivity contribution is -0.0564. The van der Waals surface area contributed by atoms with Crippen LogP contribution in [0.4, 0.5) is 5.95 Å². The lowest BCUT2D eigenvalue weighted by Gasteiger charge is -2.18. The molecule has 1 aliphatic rings. The zero-order valence-electron chi connectivity index (χ0n) is 13.1. The molecule has 23 heavy (non-hydrogen) atoms. The van der Waals surface area contributed by atoms with Crippen molar-refractivity contribution in [1.82, 2.24) is 19.7 Å². The van der Waals surface area contributed by atoms with E-state index in [1.54, 1.807) is 12.4 Å². The fourth-order valence-corrected chi connectivity index (χ4v) is 2.77. The SMILES string of the molecule is CCN(CC)c1ncc2c(cnn2C2O[C@@H](CO)[C@H](O)[C@@H]2O)n1. The smallest absolute Gasteiger partial charge is 0.226 e. The van der Waals surface area contributed by atoms with Crippen LogP contribution >= 0.6 is 0 Å². The Hall–Kier alpha value is -1.81. The summed E-state index contributed by atoms with van der Waals surface area (Å²) in [4.78, 5) is 10.8. The number of aliphatic hydroxyl groups excluding tert-OH is 3. The minimum Gasteiger partial charge on any atom is -0.394 e. The summed E-state index contributed by atoms with van der Waals surface area (Å²) < 4.78 is 6.93. The van der Waals surface area contributed by atoms with E-state index in [9.17, 15) is 15.3 Å². The molecule has 0 aliphatic carbocycles. The maximum absolute atomic E-state index is 10.1. The van der Waals surface area contributed by atoms with Crippen LogP contribution in [0, 0.1) is 0 Å². The summed E-state index contributed by atoms with van der Waals surface area (Å²) in [5.41, 5.74) is 1.22. The molecule has 3 heterocycles. The van der Waals surface area contributed by atoms with Crippen molar-refractivity contribution in [2.24, 2.45) is 0 Å². The molecule has 1 aliphatic heterocycles. The number of hydrogen-bond acceptors (Lipinski definition) is 8. The van der Waals surface area contributed by atoms with Crippen molar-refractivity contribution in [2.75, 3.05) is 24.6 Å². The van der Waals surface area contributed by atoms with Crippen molar-refractivity contribution in [3.8, 4) is 0 Å². The molecule has 3 rings (SSSR count). The van der Waals surface area contributed by atoms with Gasteiger partial charge in [-0.2, -0.15) is 5.10 Å². The number of ether oxygens (including phenoxy) is 1. The molecule has 2 aromatic heterocycles. The van der Waals surface area contributed by atoms with Gasteiger partial charge in [-0.25, -0.2) is 14.6 Å². The van der Waals surface area contributed by atoms with Gasteiger partial charge in [-0.05, 0) is 13.8 Å². The Bertz CT molecular complexity index is 674. The molecule has 1 fully saturated rings. The van der Waals surface area contributed by atoms with Gasteiger partial charge in [-0.1, -0.05) is 0 Å².